The minimum Gasteiger partial charge on any atom is -0.378 e. The first-order valence-corrected chi connectivity index (χ1v) is 9.07. The summed E-state index contributed by atoms with van der Waals surface area (Å²) >= 11 is 0. The molecule has 1 saturated carbocycles. The van der Waals surface area contributed by atoms with Crippen LogP contribution in [0.1, 0.15) is 45.4 Å². The lowest BCUT2D eigenvalue weighted by Crippen LogP contribution is -2.58. The standard InChI is InChI=1S/C17H29N3O3/c1-13(11-19-8-4-7-16(19)21)18-17(22)15-12-23-10-9-20(15)14-5-2-3-6-14/h13-15H,2-12H2,1H3,(H,18,22)/t13-,15-/m1/s1. The van der Waals surface area contributed by atoms with E-state index in [1.807, 2.05) is 11.8 Å². The Morgan fingerprint density at radius 3 is 2.78 bits per heavy atom. The van der Waals surface area contributed by atoms with Gasteiger partial charge in [-0.3, -0.25) is 14.5 Å². The van der Waals surface area contributed by atoms with E-state index in [-0.39, 0.29) is 23.9 Å². The molecule has 23 heavy (non-hydrogen) atoms. The number of morpholine rings is 1. The molecule has 2 amide bonds. The molecule has 2 atom stereocenters. The predicted octanol–water partition coefficient (Wildman–Crippen LogP) is 0.757. The molecule has 3 rings (SSSR count). The molecule has 2 heterocycles. The van der Waals surface area contributed by atoms with Crippen LogP contribution in [0.5, 0.6) is 0 Å². The molecule has 0 bridgehead atoms. The average molecular weight is 323 g/mol. The van der Waals surface area contributed by atoms with Crippen molar-refractivity contribution in [2.45, 2.75) is 63.6 Å². The minimum atomic E-state index is -0.177. The van der Waals surface area contributed by atoms with E-state index in [9.17, 15) is 9.59 Å². The summed E-state index contributed by atoms with van der Waals surface area (Å²) in [6, 6.07) is 0.339. The predicted molar refractivity (Wildman–Crippen MR) is 87.0 cm³/mol. The number of rotatable bonds is 5. The van der Waals surface area contributed by atoms with Crippen molar-refractivity contribution in [3.8, 4) is 0 Å². The van der Waals surface area contributed by atoms with Crippen LogP contribution in [0.2, 0.25) is 0 Å². The molecule has 0 unspecified atom stereocenters. The van der Waals surface area contributed by atoms with Gasteiger partial charge >= 0.3 is 0 Å². The summed E-state index contributed by atoms with van der Waals surface area (Å²) in [5.74, 6) is 0.260. The summed E-state index contributed by atoms with van der Waals surface area (Å²) in [7, 11) is 0. The number of amides is 2. The second kappa shape index (κ2) is 7.62. The molecule has 0 aromatic carbocycles. The maximum Gasteiger partial charge on any atom is 0.240 e. The number of nitrogens with zero attached hydrogens (tertiary/aromatic N) is 2. The van der Waals surface area contributed by atoms with Crippen molar-refractivity contribution < 1.29 is 14.3 Å². The molecule has 1 aliphatic carbocycles. The molecule has 0 aromatic rings. The summed E-state index contributed by atoms with van der Waals surface area (Å²) in [6.45, 7) is 5.46. The molecule has 0 radical (unpaired) electrons. The van der Waals surface area contributed by atoms with Gasteiger partial charge in [0, 0.05) is 38.1 Å². The van der Waals surface area contributed by atoms with Gasteiger partial charge in [0.1, 0.15) is 6.04 Å². The zero-order valence-electron chi connectivity index (χ0n) is 14.1. The normalized spacial score (nSPS) is 28.3. The topological polar surface area (TPSA) is 61.9 Å². The van der Waals surface area contributed by atoms with Gasteiger partial charge < -0.3 is 15.0 Å². The van der Waals surface area contributed by atoms with Gasteiger partial charge in [-0.05, 0) is 26.2 Å². The second-order valence-electron chi connectivity index (χ2n) is 7.12. The molecule has 0 spiro atoms. The zero-order valence-corrected chi connectivity index (χ0v) is 14.1. The molecule has 6 heteroatoms. The number of hydrogen-bond donors (Lipinski definition) is 1. The SMILES string of the molecule is C[C@H](CN1CCCC1=O)NC(=O)[C@H]1COCCN1C1CCCC1. The van der Waals surface area contributed by atoms with Crippen LogP contribution in [0.25, 0.3) is 0 Å². The largest absolute Gasteiger partial charge is 0.378 e. The smallest absolute Gasteiger partial charge is 0.240 e. The van der Waals surface area contributed by atoms with E-state index < -0.39 is 0 Å². The van der Waals surface area contributed by atoms with Crippen molar-refractivity contribution in [3.05, 3.63) is 0 Å². The molecule has 130 valence electrons. The highest BCUT2D eigenvalue weighted by atomic mass is 16.5. The lowest BCUT2D eigenvalue weighted by atomic mass is 10.1. The van der Waals surface area contributed by atoms with Gasteiger partial charge in [0.25, 0.3) is 0 Å². The Morgan fingerprint density at radius 2 is 2.09 bits per heavy atom. The number of nitrogens with one attached hydrogen (secondary N) is 1. The Balaban J connectivity index is 1.53. The molecule has 2 saturated heterocycles. The molecular formula is C17H29N3O3. The van der Waals surface area contributed by atoms with Gasteiger partial charge in [-0.2, -0.15) is 0 Å². The van der Waals surface area contributed by atoms with Crippen LogP contribution in [-0.4, -0.2) is 72.6 Å². The van der Waals surface area contributed by atoms with E-state index in [0.29, 0.717) is 25.6 Å². The Labute approximate surface area is 138 Å². The summed E-state index contributed by atoms with van der Waals surface area (Å²) < 4.78 is 5.56. The van der Waals surface area contributed by atoms with Gasteiger partial charge in [-0.15, -0.1) is 0 Å². The average Bonchev–Trinajstić information content (AvgIpc) is 3.20. The zero-order chi connectivity index (χ0) is 16.2. The molecule has 6 nitrogen and oxygen atoms in total. The molecule has 3 aliphatic rings. The van der Waals surface area contributed by atoms with Gasteiger partial charge in [0.2, 0.25) is 11.8 Å². The number of hydrogen-bond acceptors (Lipinski definition) is 4. The van der Waals surface area contributed by atoms with Gasteiger partial charge in [-0.25, -0.2) is 0 Å². The van der Waals surface area contributed by atoms with E-state index in [0.717, 1.165) is 26.1 Å². The van der Waals surface area contributed by atoms with Crippen LogP contribution in [0, 0.1) is 0 Å². The minimum absolute atomic E-state index is 0.0168. The summed E-state index contributed by atoms with van der Waals surface area (Å²) in [5, 5.41) is 3.10. The molecule has 1 N–H and O–H groups in total. The van der Waals surface area contributed by atoms with Crippen molar-refractivity contribution in [3.63, 3.8) is 0 Å². The highest BCUT2D eigenvalue weighted by Gasteiger charge is 2.36. The van der Waals surface area contributed by atoms with Gasteiger partial charge in [0.15, 0.2) is 0 Å². The van der Waals surface area contributed by atoms with Crippen molar-refractivity contribution in [1.29, 1.82) is 0 Å². The summed E-state index contributed by atoms with van der Waals surface area (Å²) in [6.07, 6.45) is 6.51. The number of carbonyl (C=O) groups excluding carboxylic acids is 2. The van der Waals surface area contributed by atoms with Crippen LogP contribution in [0.15, 0.2) is 0 Å². The third kappa shape index (κ3) is 4.04. The van der Waals surface area contributed by atoms with Crippen LogP contribution >= 0.6 is 0 Å². The highest BCUT2D eigenvalue weighted by molar-refractivity contribution is 5.82. The van der Waals surface area contributed by atoms with Crippen LogP contribution in [0.4, 0.5) is 0 Å². The highest BCUT2D eigenvalue weighted by Crippen LogP contribution is 2.26. The van der Waals surface area contributed by atoms with E-state index in [4.69, 9.17) is 4.74 Å². The second-order valence-corrected chi connectivity index (χ2v) is 7.12. The third-order valence-electron chi connectivity index (χ3n) is 5.32. The van der Waals surface area contributed by atoms with E-state index in [2.05, 4.69) is 10.2 Å². The molecule has 0 aromatic heterocycles. The molecule has 2 aliphatic heterocycles. The monoisotopic (exact) mass is 323 g/mol. The van der Waals surface area contributed by atoms with Crippen LogP contribution in [0.3, 0.4) is 0 Å². The molecular weight excluding hydrogens is 294 g/mol. The number of ether oxygens (including phenoxy) is 1. The van der Waals surface area contributed by atoms with Gasteiger partial charge in [-0.1, -0.05) is 12.8 Å². The Morgan fingerprint density at radius 1 is 1.30 bits per heavy atom. The van der Waals surface area contributed by atoms with E-state index >= 15 is 0 Å². The van der Waals surface area contributed by atoms with E-state index in [1.165, 1.54) is 25.7 Å². The van der Waals surface area contributed by atoms with Crippen molar-refractivity contribution in [2.75, 3.05) is 32.8 Å². The number of carbonyl (C=O) groups is 2. The summed E-state index contributed by atoms with van der Waals surface area (Å²) in [5.41, 5.74) is 0. The van der Waals surface area contributed by atoms with Gasteiger partial charge in [0.05, 0.1) is 13.2 Å². The van der Waals surface area contributed by atoms with Crippen molar-refractivity contribution >= 4 is 11.8 Å². The van der Waals surface area contributed by atoms with E-state index in [1.54, 1.807) is 0 Å². The maximum absolute atomic E-state index is 12.7. The Hall–Kier alpha value is -1.14. The Bertz CT molecular complexity index is 437. The lowest BCUT2D eigenvalue weighted by molar-refractivity contribution is -0.136. The first-order valence-electron chi connectivity index (χ1n) is 9.07. The quantitative estimate of drug-likeness (QED) is 0.811. The van der Waals surface area contributed by atoms with Crippen molar-refractivity contribution in [2.24, 2.45) is 0 Å². The fourth-order valence-electron chi connectivity index (χ4n) is 4.13. The van der Waals surface area contributed by atoms with Crippen LogP contribution in [-0.2, 0) is 14.3 Å². The first kappa shape index (κ1) is 16.7. The fourth-order valence-corrected chi connectivity index (χ4v) is 4.13. The fraction of sp³-hybridized carbons (Fsp3) is 0.882. The summed E-state index contributed by atoms with van der Waals surface area (Å²) in [4.78, 5) is 28.6. The lowest BCUT2D eigenvalue weighted by Gasteiger charge is -2.39. The number of likely N-dealkylation sites (tertiary alicyclic amines) is 1. The van der Waals surface area contributed by atoms with Crippen molar-refractivity contribution in [1.82, 2.24) is 15.1 Å². The molecule has 3 fully saturated rings. The maximum atomic E-state index is 12.7. The first-order chi connectivity index (χ1) is 11.1. The Kier molecular flexibility index (Phi) is 5.54. The third-order valence-corrected chi connectivity index (χ3v) is 5.32. The van der Waals surface area contributed by atoms with Crippen LogP contribution < -0.4 is 5.32 Å².